The molecule has 0 spiro atoms. The number of esters is 1. The molecule has 0 saturated carbocycles. The first-order chi connectivity index (χ1) is 8.10. The summed E-state index contributed by atoms with van der Waals surface area (Å²) in [7, 11) is 3.01. The lowest BCUT2D eigenvalue weighted by Crippen LogP contribution is -2.26. The molecule has 17 heavy (non-hydrogen) atoms. The topological polar surface area (TPSA) is 47.6 Å². The van der Waals surface area contributed by atoms with Crippen LogP contribution in [0.2, 0.25) is 0 Å². The normalized spacial score (nSPS) is 12.0. The van der Waals surface area contributed by atoms with E-state index in [-0.39, 0.29) is 5.75 Å². The van der Waals surface area contributed by atoms with Crippen molar-refractivity contribution in [2.75, 3.05) is 14.2 Å². The van der Waals surface area contributed by atoms with Gasteiger partial charge in [0.15, 0.2) is 17.7 Å². The molecule has 1 unspecified atom stereocenters. The maximum absolute atomic E-state index is 13.6. The van der Waals surface area contributed by atoms with Crippen molar-refractivity contribution in [1.82, 2.24) is 5.32 Å². The van der Waals surface area contributed by atoms with Crippen molar-refractivity contribution in [2.24, 2.45) is 0 Å². The summed E-state index contributed by atoms with van der Waals surface area (Å²) >= 11 is 0. The van der Waals surface area contributed by atoms with E-state index >= 15 is 0 Å². The number of carbonyl (C=O) groups excluding carboxylic acids is 1. The van der Waals surface area contributed by atoms with Crippen molar-refractivity contribution < 1.29 is 18.7 Å². The number of benzene rings is 1. The zero-order chi connectivity index (χ0) is 12.8. The van der Waals surface area contributed by atoms with Gasteiger partial charge < -0.3 is 14.8 Å². The first kappa shape index (κ1) is 13.4. The predicted octanol–water partition coefficient (Wildman–Crippen LogP) is 1.49. The molecule has 1 atom stereocenters. The summed E-state index contributed by atoms with van der Waals surface area (Å²) in [5, 5.41) is 2.91. The second-order valence-electron chi connectivity index (χ2n) is 3.54. The maximum atomic E-state index is 13.6. The van der Waals surface area contributed by atoms with E-state index in [2.05, 4.69) is 10.1 Å². The van der Waals surface area contributed by atoms with Crippen molar-refractivity contribution in [1.29, 1.82) is 0 Å². The number of rotatable bonds is 5. The van der Waals surface area contributed by atoms with Crippen molar-refractivity contribution >= 4 is 5.97 Å². The lowest BCUT2D eigenvalue weighted by atomic mass is 10.2. The lowest BCUT2D eigenvalue weighted by molar-refractivity contribution is -0.148. The summed E-state index contributed by atoms with van der Waals surface area (Å²) in [5.41, 5.74) is 0.656. The van der Waals surface area contributed by atoms with Gasteiger partial charge in [-0.25, -0.2) is 9.18 Å². The van der Waals surface area contributed by atoms with Gasteiger partial charge in [-0.05, 0) is 20.0 Å². The van der Waals surface area contributed by atoms with Crippen LogP contribution in [0.5, 0.6) is 5.75 Å². The Balaban J connectivity index is 2.92. The van der Waals surface area contributed by atoms with Crippen LogP contribution in [0.4, 0.5) is 4.39 Å². The van der Waals surface area contributed by atoms with Crippen LogP contribution in [0.15, 0.2) is 18.2 Å². The van der Waals surface area contributed by atoms with Crippen molar-refractivity contribution in [3.05, 3.63) is 29.6 Å². The highest BCUT2D eigenvalue weighted by molar-refractivity contribution is 5.74. The van der Waals surface area contributed by atoms with Crippen LogP contribution in [-0.4, -0.2) is 26.2 Å². The number of carbonyl (C=O) groups is 1. The van der Waals surface area contributed by atoms with Gasteiger partial charge in [-0.3, -0.25) is 0 Å². The van der Waals surface area contributed by atoms with Crippen LogP contribution in [0, 0.1) is 5.82 Å². The number of para-hydroxylation sites is 1. The molecule has 94 valence electrons. The molecule has 1 aromatic rings. The van der Waals surface area contributed by atoms with Gasteiger partial charge in [-0.15, -0.1) is 0 Å². The average molecular weight is 241 g/mol. The van der Waals surface area contributed by atoms with Gasteiger partial charge in [0, 0.05) is 12.1 Å². The SMILES string of the molecule is CNCc1cccc(F)c1OC(C)C(=O)OC. The van der Waals surface area contributed by atoms with E-state index in [1.165, 1.54) is 20.1 Å². The zero-order valence-corrected chi connectivity index (χ0v) is 10.1. The molecular formula is C12H16FNO3. The number of ether oxygens (including phenoxy) is 2. The molecule has 0 heterocycles. The Bertz CT molecular complexity index is 395. The number of hydrogen-bond acceptors (Lipinski definition) is 4. The minimum absolute atomic E-state index is 0.0831. The van der Waals surface area contributed by atoms with Gasteiger partial charge in [0.25, 0.3) is 0 Å². The third-order valence-corrected chi connectivity index (χ3v) is 2.24. The first-order valence-corrected chi connectivity index (χ1v) is 5.26. The van der Waals surface area contributed by atoms with E-state index in [9.17, 15) is 9.18 Å². The fourth-order valence-corrected chi connectivity index (χ4v) is 1.41. The van der Waals surface area contributed by atoms with Gasteiger partial charge in [-0.2, -0.15) is 0 Å². The van der Waals surface area contributed by atoms with E-state index in [0.29, 0.717) is 12.1 Å². The van der Waals surface area contributed by atoms with Crippen LogP contribution in [0.3, 0.4) is 0 Å². The Labute approximate surface area is 99.7 Å². The van der Waals surface area contributed by atoms with E-state index in [0.717, 1.165) is 0 Å². The molecule has 1 rings (SSSR count). The van der Waals surface area contributed by atoms with Gasteiger partial charge in [0.1, 0.15) is 0 Å². The first-order valence-electron chi connectivity index (χ1n) is 5.26. The van der Waals surface area contributed by atoms with Crippen LogP contribution in [0.25, 0.3) is 0 Å². The Kier molecular flexibility index (Phi) is 4.90. The Morgan fingerprint density at radius 3 is 2.82 bits per heavy atom. The number of halogens is 1. The summed E-state index contributed by atoms with van der Waals surface area (Å²) in [4.78, 5) is 11.2. The van der Waals surface area contributed by atoms with Crippen molar-refractivity contribution in [3.63, 3.8) is 0 Å². The molecule has 0 bridgehead atoms. The lowest BCUT2D eigenvalue weighted by Gasteiger charge is -2.16. The Morgan fingerprint density at radius 2 is 2.24 bits per heavy atom. The predicted molar refractivity (Wildman–Crippen MR) is 61.3 cm³/mol. The highest BCUT2D eigenvalue weighted by atomic mass is 19.1. The summed E-state index contributed by atoms with van der Waals surface area (Å²) in [6.07, 6.45) is -0.840. The molecule has 1 N–H and O–H groups in total. The second-order valence-corrected chi connectivity index (χ2v) is 3.54. The molecule has 0 aromatic heterocycles. The van der Waals surface area contributed by atoms with Crippen molar-refractivity contribution in [3.8, 4) is 5.75 Å². The fourth-order valence-electron chi connectivity index (χ4n) is 1.41. The smallest absolute Gasteiger partial charge is 0.346 e. The van der Waals surface area contributed by atoms with Gasteiger partial charge in [0.2, 0.25) is 0 Å². The molecule has 0 amide bonds. The minimum Gasteiger partial charge on any atom is -0.476 e. The van der Waals surface area contributed by atoms with Crippen molar-refractivity contribution in [2.45, 2.75) is 19.6 Å². The van der Waals surface area contributed by atoms with Crippen LogP contribution in [-0.2, 0) is 16.1 Å². The molecule has 0 saturated heterocycles. The highest BCUT2D eigenvalue weighted by Gasteiger charge is 2.18. The third-order valence-electron chi connectivity index (χ3n) is 2.24. The van der Waals surface area contributed by atoms with Crippen LogP contribution < -0.4 is 10.1 Å². The van der Waals surface area contributed by atoms with E-state index in [1.807, 2.05) is 0 Å². The molecule has 0 aliphatic rings. The average Bonchev–Trinajstić information content (AvgIpc) is 2.32. The Hall–Kier alpha value is -1.62. The molecule has 0 radical (unpaired) electrons. The summed E-state index contributed by atoms with van der Waals surface area (Å²) < 4.78 is 23.4. The number of methoxy groups -OCH3 is 1. The minimum atomic E-state index is -0.840. The van der Waals surface area contributed by atoms with Crippen LogP contribution in [0.1, 0.15) is 12.5 Å². The quantitative estimate of drug-likeness (QED) is 0.793. The van der Waals surface area contributed by atoms with Crippen LogP contribution >= 0.6 is 0 Å². The molecular weight excluding hydrogens is 225 g/mol. The van der Waals surface area contributed by atoms with Gasteiger partial charge in [0.05, 0.1) is 7.11 Å². The zero-order valence-electron chi connectivity index (χ0n) is 10.1. The standard InChI is InChI=1S/C12H16FNO3/c1-8(12(15)16-3)17-11-9(7-14-2)5-4-6-10(11)13/h4-6,8,14H,7H2,1-3H3. The summed E-state index contributed by atoms with van der Waals surface area (Å²) in [5.74, 6) is -0.947. The summed E-state index contributed by atoms with van der Waals surface area (Å²) in [6, 6.07) is 4.62. The fraction of sp³-hybridized carbons (Fsp3) is 0.417. The molecule has 1 aromatic carbocycles. The van der Waals surface area contributed by atoms with E-state index < -0.39 is 17.9 Å². The summed E-state index contributed by atoms with van der Waals surface area (Å²) in [6.45, 7) is 1.97. The van der Waals surface area contributed by atoms with E-state index in [4.69, 9.17) is 4.74 Å². The second kappa shape index (κ2) is 6.20. The number of nitrogens with one attached hydrogen (secondary N) is 1. The van der Waals surface area contributed by atoms with Gasteiger partial charge >= 0.3 is 5.97 Å². The largest absolute Gasteiger partial charge is 0.476 e. The van der Waals surface area contributed by atoms with Gasteiger partial charge in [-0.1, -0.05) is 12.1 Å². The molecule has 4 nitrogen and oxygen atoms in total. The molecule has 5 heteroatoms. The molecule has 0 aliphatic heterocycles. The molecule has 0 aliphatic carbocycles. The highest BCUT2D eigenvalue weighted by Crippen LogP contribution is 2.23. The third kappa shape index (κ3) is 3.42. The maximum Gasteiger partial charge on any atom is 0.346 e. The van der Waals surface area contributed by atoms with E-state index in [1.54, 1.807) is 19.2 Å². The Morgan fingerprint density at radius 1 is 1.53 bits per heavy atom. The molecule has 0 fully saturated rings. The monoisotopic (exact) mass is 241 g/mol. The number of hydrogen-bond donors (Lipinski definition) is 1.